The Morgan fingerprint density at radius 3 is 2.88 bits per heavy atom. The number of pyridine rings is 1. The van der Waals surface area contributed by atoms with Crippen molar-refractivity contribution in [2.24, 2.45) is 11.3 Å². The van der Waals surface area contributed by atoms with Crippen LogP contribution in [0.4, 0.5) is 0 Å². The van der Waals surface area contributed by atoms with Gasteiger partial charge in [0.05, 0.1) is 5.41 Å². The molecule has 0 aliphatic heterocycles. The first kappa shape index (κ1) is 12.1. The summed E-state index contributed by atoms with van der Waals surface area (Å²) in [6.07, 6.45) is 3.13. The predicted molar refractivity (Wildman–Crippen MR) is 65.8 cm³/mol. The van der Waals surface area contributed by atoms with E-state index in [1.807, 2.05) is 25.1 Å². The Balaban J connectivity index is 2.22. The Hall–Kier alpha value is -1.38. The molecule has 0 amide bonds. The van der Waals surface area contributed by atoms with Crippen LogP contribution in [-0.2, 0) is 11.2 Å². The summed E-state index contributed by atoms with van der Waals surface area (Å²) >= 11 is 0. The van der Waals surface area contributed by atoms with E-state index in [0.29, 0.717) is 12.3 Å². The first-order chi connectivity index (χ1) is 8.02. The van der Waals surface area contributed by atoms with Gasteiger partial charge in [-0.1, -0.05) is 13.0 Å². The van der Waals surface area contributed by atoms with Gasteiger partial charge in [0.15, 0.2) is 0 Å². The maximum absolute atomic E-state index is 11.5. The Morgan fingerprint density at radius 2 is 2.35 bits per heavy atom. The van der Waals surface area contributed by atoms with Crippen molar-refractivity contribution < 1.29 is 9.90 Å². The highest BCUT2D eigenvalue weighted by Gasteiger charge is 2.44. The van der Waals surface area contributed by atoms with Gasteiger partial charge < -0.3 is 5.11 Å². The van der Waals surface area contributed by atoms with Crippen molar-refractivity contribution in [3.05, 3.63) is 29.6 Å². The summed E-state index contributed by atoms with van der Waals surface area (Å²) in [5, 5.41) is 9.48. The summed E-state index contributed by atoms with van der Waals surface area (Å²) in [7, 11) is 0. The van der Waals surface area contributed by atoms with Crippen LogP contribution in [0.3, 0.4) is 0 Å². The second-order valence-corrected chi connectivity index (χ2v) is 5.38. The van der Waals surface area contributed by atoms with Crippen molar-refractivity contribution >= 4 is 5.97 Å². The van der Waals surface area contributed by atoms with Crippen LogP contribution < -0.4 is 0 Å². The second-order valence-electron chi connectivity index (χ2n) is 5.38. The average Bonchev–Trinajstić information content (AvgIpc) is 2.61. The zero-order chi connectivity index (χ0) is 12.5. The topological polar surface area (TPSA) is 50.2 Å². The number of nitrogens with zero attached hydrogens (tertiary/aromatic N) is 1. The zero-order valence-corrected chi connectivity index (χ0v) is 10.4. The van der Waals surface area contributed by atoms with Gasteiger partial charge in [0, 0.05) is 17.8 Å². The van der Waals surface area contributed by atoms with Crippen molar-refractivity contribution in [1.82, 2.24) is 4.98 Å². The van der Waals surface area contributed by atoms with E-state index in [9.17, 15) is 9.90 Å². The number of hydrogen-bond acceptors (Lipinski definition) is 2. The fourth-order valence-corrected chi connectivity index (χ4v) is 2.87. The van der Waals surface area contributed by atoms with Crippen molar-refractivity contribution in [2.45, 2.75) is 39.5 Å². The van der Waals surface area contributed by atoms with E-state index in [0.717, 1.165) is 30.7 Å². The minimum Gasteiger partial charge on any atom is -0.481 e. The molecule has 2 unspecified atom stereocenters. The van der Waals surface area contributed by atoms with Gasteiger partial charge in [-0.3, -0.25) is 9.78 Å². The second kappa shape index (κ2) is 4.47. The van der Waals surface area contributed by atoms with Gasteiger partial charge in [0.2, 0.25) is 0 Å². The number of carboxylic acids is 1. The molecule has 0 aromatic carbocycles. The van der Waals surface area contributed by atoms with Crippen LogP contribution in [0.2, 0.25) is 0 Å². The number of carboxylic acid groups (broad SMARTS) is 1. The molecular weight excluding hydrogens is 214 g/mol. The van der Waals surface area contributed by atoms with E-state index < -0.39 is 11.4 Å². The Morgan fingerprint density at radius 1 is 1.59 bits per heavy atom. The molecule has 1 aliphatic carbocycles. The van der Waals surface area contributed by atoms with E-state index in [4.69, 9.17) is 0 Å². The molecule has 0 spiro atoms. The molecule has 0 bridgehead atoms. The smallest absolute Gasteiger partial charge is 0.310 e. The molecule has 3 heteroatoms. The number of aryl methyl sites for hydroxylation is 1. The van der Waals surface area contributed by atoms with E-state index in [1.165, 1.54) is 0 Å². The van der Waals surface area contributed by atoms with Gasteiger partial charge >= 0.3 is 5.97 Å². The summed E-state index contributed by atoms with van der Waals surface area (Å²) in [6.45, 7) is 4.07. The molecule has 1 saturated carbocycles. The lowest BCUT2D eigenvalue weighted by atomic mass is 9.80. The minimum absolute atomic E-state index is 0.510. The Bertz CT molecular complexity index is 430. The molecule has 1 heterocycles. The third kappa shape index (κ3) is 2.48. The van der Waals surface area contributed by atoms with Crippen LogP contribution in [0.25, 0.3) is 0 Å². The van der Waals surface area contributed by atoms with Crippen molar-refractivity contribution in [3.63, 3.8) is 0 Å². The van der Waals surface area contributed by atoms with Crippen molar-refractivity contribution in [3.8, 4) is 0 Å². The summed E-state index contributed by atoms with van der Waals surface area (Å²) in [6, 6.07) is 5.82. The summed E-state index contributed by atoms with van der Waals surface area (Å²) in [5.41, 5.74) is 1.27. The van der Waals surface area contributed by atoms with Crippen LogP contribution in [0.5, 0.6) is 0 Å². The summed E-state index contributed by atoms with van der Waals surface area (Å²) < 4.78 is 0. The fraction of sp³-hybridized carbons (Fsp3) is 0.571. The molecular formula is C14H19NO2. The zero-order valence-electron chi connectivity index (χ0n) is 10.4. The van der Waals surface area contributed by atoms with Gasteiger partial charge in [0.1, 0.15) is 0 Å². The van der Waals surface area contributed by atoms with Gasteiger partial charge in [0.25, 0.3) is 0 Å². The third-order valence-corrected chi connectivity index (χ3v) is 3.77. The molecule has 0 radical (unpaired) electrons. The summed E-state index contributed by atoms with van der Waals surface area (Å²) in [5.74, 6) is -0.152. The van der Waals surface area contributed by atoms with E-state index in [-0.39, 0.29) is 0 Å². The molecule has 2 rings (SSSR count). The van der Waals surface area contributed by atoms with Crippen LogP contribution >= 0.6 is 0 Å². The molecule has 1 aromatic heterocycles. The molecule has 3 nitrogen and oxygen atoms in total. The monoisotopic (exact) mass is 233 g/mol. The maximum Gasteiger partial charge on any atom is 0.310 e. The quantitative estimate of drug-likeness (QED) is 0.873. The lowest BCUT2D eigenvalue weighted by Gasteiger charge is -2.23. The standard InChI is InChI=1S/C14H19NO2/c1-10-6-7-14(8-10,13(16)17)9-12-5-3-4-11(2)15-12/h3-5,10H,6-9H2,1-2H3,(H,16,17). The highest BCUT2D eigenvalue weighted by Crippen LogP contribution is 2.44. The third-order valence-electron chi connectivity index (χ3n) is 3.77. The fourth-order valence-electron chi connectivity index (χ4n) is 2.87. The number of aliphatic carboxylic acids is 1. The molecule has 0 saturated heterocycles. The van der Waals surface area contributed by atoms with E-state index in [1.54, 1.807) is 0 Å². The first-order valence-corrected chi connectivity index (χ1v) is 6.18. The number of hydrogen-bond donors (Lipinski definition) is 1. The van der Waals surface area contributed by atoms with Gasteiger partial charge in [-0.15, -0.1) is 0 Å². The van der Waals surface area contributed by atoms with E-state index >= 15 is 0 Å². The molecule has 1 fully saturated rings. The first-order valence-electron chi connectivity index (χ1n) is 6.18. The van der Waals surface area contributed by atoms with Crippen LogP contribution in [-0.4, -0.2) is 16.1 Å². The Kier molecular flexibility index (Phi) is 3.18. The SMILES string of the molecule is Cc1cccc(CC2(C(=O)O)CCC(C)C2)n1. The van der Waals surface area contributed by atoms with Crippen LogP contribution in [0.15, 0.2) is 18.2 Å². The van der Waals surface area contributed by atoms with Crippen molar-refractivity contribution in [2.75, 3.05) is 0 Å². The lowest BCUT2D eigenvalue weighted by Crippen LogP contribution is -2.31. The lowest BCUT2D eigenvalue weighted by molar-refractivity contribution is -0.148. The molecule has 2 atom stereocenters. The molecule has 92 valence electrons. The molecule has 1 aliphatic rings. The number of aromatic nitrogens is 1. The highest BCUT2D eigenvalue weighted by atomic mass is 16.4. The van der Waals surface area contributed by atoms with Crippen LogP contribution in [0.1, 0.15) is 37.6 Å². The Labute approximate surface area is 102 Å². The maximum atomic E-state index is 11.5. The highest BCUT2D eigenvalue weighted by molar-refractivity contribution is 5.75. The van der Waals surface area contributed by atoms with Gasteiger partial charge in [-0.2, -0.15) is 0 Å². The normalized spacial score (nSPS) is 28.2. The van der Waals surface area contributed by atoms with E-state index in [2.05, 4.69) is 11.9 Å². The molecule has 1 N–H and O–H groups in total. The average molecular weight is 233 g/mol. The minimum atomic E-state index is -0.662. The number of carbonyl (C=O) groups is 1. The van der Waals surface area contributed by atoms with Gasteiger partial charge in [-0.05, 0) is 44.2 Å². The van der Waals surface area contributed by atoms with Crippen molar-refractivity contribution in [1.29, 1.82) is 0 Å². The van der Waals surface area contributed by atoms with Crippen LogP contribution in [0, 0.1) is 18.3 Å². The largest absolute Gasteiger partial charge is 0.481 e. The molecule has 1 aromatic rings. The molecule has 17 heavy (non-hydrogen) atoms. The van der Waals surface area contributed by atoms with Gasteiger partial charge in [-0.25, -0.2) is 0 Å². The number of rotatable bonds is 3. The predicted octanol–water partition coefficient (Wildman–Crippen LogP) is 2.82. The summed E-state index contributed by atoms with van der Waals surface area (Å²) in [4.78, 5) is 16.0.